The molecular weight excluding hydrogens is 447 g/mol. The highest BCUT2D eigenvalue weighted by Gasteiger charge is 2.55. The first kappa shape index (κ1) is 23.0. The summed E-state index contributed by atoms with van der Waals surface area (Å²) in [6, 6.07) is 2.79. The van der Waals surface area contributed by atoms with Crippen molar-refractivity contribution < 1.29 is 14.1 Å². The second kappa shape index (κ2) is 8.93. The van der Waals surface area contributed by atoms with Crippen molar-refractivity contribution in [1.82, 2.24) is 4.90 Å². The maximum atomic E-state index is 15.0. The van der Waals surface area contributed by atoms with E-state index >= 15 is 0 Å². The van der Waals surface area contributed by atoms with E-state index in [1.165, 1.54) is 19.3 Å². The topological polar surface area (TPSA) is 69.9 Å². The van der Waals surface area contributed by atoms with Crippen molar-refractivity contribution in [3.63, 3.8) is 0 Å². The van der Waals surface area contributed by atoms with Gasteiger partial charge in [-0.05, 0) is 75.2 Å². The molecule has 7 nitrogen and oxygen atoms in total. The van der Waals surface area contributed by atoms with Crippen LogP contribution < -0.4 is 9.80 Å². The Kier molecular flexibility index (Phi) is 5.88. The largest absolute Gasteiger partial charge is 0.369 e. The van der Waals surface area contributed by atoms with Gasteiger partial charge in [0.25, 0.3) is 5.69 Å². The van der Waals surface area contributed by atoms with Gasteiger partial charge in [0.05, 0.1) is 22.1 Å². The molecule has 190 valence electrons. The van der Waals surface area contributed by atoms with E-state index in [-0.39, 0.29) is 11.1 Å². The van der Waals surface area contributed by atoms with E-state index in [0.717, 1.165) is 81.9 Å². The molecular formula is C27H37FN4O3. The molecule has 0 atom stereocenters. The lowest BCUT2D eigenvalue weighted by Crippen LogP contribution is -2.58. The monoisotopic (exact) mass is 484 g/mol. The van der Waals surface area contributed by atoms with Gasteiger partial charge in [0.15, 0.2) is 5.82 Å². The van der Waals surface area contributed by atoms with Gasteiger partial charge in [-0.2, -0.15) is 0 Å². The van der Waals surface area contributed by atoms with Crippen molar-refractivity contribution in [2.24, 2.45) is 23.2 Å². The van der Waals surface area contributed by atoms with Crippen molar-refractivity contribution >= 4 is 23.0 Å². The molecule has 0 aromatic heterocycles. The molecule has 35 heavy (non-hydrogen) atoms. The summed E-state index contributed by atoms with van der Waals surface area (Å²) in [4.78, 5) is 31.2. The normalized spacial score (nSPS) is 32.6. The maximum Gasteiger partial charge on any atom is 0.295 e. The first-order valence-electron chi connectivity index (χ1n) is 13.7. The third-order valence-electron chi connectivity index (χ3n) is 9.59. The van der Waals surface area contributed by atoms with Gasteiger partial charge in [-0.25, -0.2) is 4.39 Å². The summed E-state index contributed by atoms with van der Waals surface area (Å²) in [5.74, 6) is 2.00. The molecule has 8 heteroatoms. The molecule has 0 unspecified atom stereocenters. The predicted molar refractivity (Wildman–Crippen MR) is 133 cm³/mol. The first-order chi connectivity index (χ1) is 16.9. The maximum absolute atomic E-state index is 15.0. The molecule has 1 aromatic rings. The number of nitrogens with zero attached hydrogens (tertiary/aromatic N) is 4. The summed E-state index contributed by atoms with van der Waals surface area (Å²) in [7, 11) is 0. The van der Waals surface area contributed by atoms with Crippen LogP contribution in [-0.2, 0) is 4.79 Å². The molecule has 4 saturated carbocycles. The fraction of sp³-hybridized carbons (Fsp3) is 0.741. The van der Waals surface area contributed by atoms with Crippen molar-refractivity contribution in [2.45, 2.75) is 64.2 Å². The van der Waals surface area contributed by atoms with E-state index in [9.17, 15) is 19.3 Å². The molecule has 0 N–H and O–H groups in total. The molecule has 1 amide bonds. The van der Waals surface area contributed by atoms with Gasteiger partial charge < -0.3 is 14.7 Å². The van der Waals surface area contributed by atoms with E-state index in [0.29, 0.717) is 43.5 Å². The first-order valence-corrected chi connectivity index (χ1v) is 13.7. The summed E-state index contributed by atoms with van der Waals surface area (Å²) >= 11 is 0. The van der Waals surface area contributed by atoms with Gasteiger partial charge >= 0.3 is 0 Å². The Morgan fingerprint density at radius 2 is 1.37 bits per heavy atom. The van der Waals surface area contributed by atoms with E-state index < -0.39 is 10.7 Å². The SMILES string of the molecule is O=C(N1CCN(c2cc(N3CCCCCC3)c(F)cc2[N+](=O)[O-])CC1)C12CC3CC(CC(C3)C1)C2. The van der Waals surface area contributed by atoms with Crippen LogP contribution in [-0.4, -0.2) is 55.0 Å². The molecule has 7 rings (SSSR count). The molecule has 2 heterocycles. The Morgan fingerprint density at radius 3 is 1.91 bits per heavy atom. The standard InChI is InChI=1S/C27H37FN4O3/c28-22-14-25(32(34)35)24(15-23(22)29-5-3-1-2-4-6-29)30-7-9-31(10-8-30)26(33)27-16-19-11-20(17-27)13-21(12-19)18-27/h14-15,19-21H,1-13,16-18H2. The Hall–Kier alpha value is -2.38. The highest BCUT2D eigenvalue weighted by atomic mass is 19.1. The number of anilines is 2. The smallest absolute Gasteiger partial charge is 0.295 e. The van der Waals surface area contributed by atoms with Crippen molar-refractivity contribution in [1.29, 1.82) is 0 Å². The Morgan fingerprint density at radius 1 is 0.829 bits per heavy atom. The third kappa shape index (κ3) is 4.16. The molecule has 6 aliphatic rings. The van der Waals surface area contributed by atoms with Crippen LogP contribution in [0, 0.1) is 39.1 Å². The molecule has 4 aliphatic carbocycles. The zero-order valence-electron chi connectivity index (χ0n) is 20.6. The third-order valence-corrected chi connectivity index (χ3v) is 9.59. The summed E-state index contributed by atoms with van der Waals surface area (Å²) in [6.07, 6.45) is 11.4. The van der Waals surface area contributed by atoms with Gasteiger partial charge in [0.2, 0.25) is 5.91 Å². The fourth-order valence-corrected chi connectivity index (χ4v) is 8.35. The van der Waals surface area contributed by atoms with Crippen LogP contribution in [0.25, 0.3) is 0 Å². The van der Waals surface area contributed by atoms with E-state index in [1.807, 2.05) is 14.7 Å². The summed E-state index contributed by atoms with van der Waals surface area (Å²) < 4.78 is 15.0. The van der Waals surface area contributed by atoms with Gasteiger partial charge in [-0.1, -0.05) is 12.8 Å². The minimum Gasteiger partial charge on any atom is -0.369 e. The lowest BCUT2D eigenvalue weighted by Gasteiger charge is -2.57. The number of piperazine rings is 1. The lowest BCUT2D eigenvalue weighted by molar-refractivity contribution is -0.384. The van der Waals surface area contributed by atoms with Gasteiger partial charge in [0.1, 0.15) is 5.69 Å². The molecule has 2 aliphatic heterocycles. The number of hydrogen-bond acceptors (Lipinski definition) is 5. The number of rotatable bonds is 4. The minimum atomic E-state index is -0.516. The highest BCUT2D eigenvalue weighted by molar-refractivity contribution is 5.84. The van der Waals surface area contributed by atoms with Crippen molar-refractivity contribution in [3.05, 3.63) is 28.1 Å². The van der Waals surface area contributed by atoms with Crippen LogP contribution in [0.5, 0.6) is 0 Å². The number of nitro benzene ring substituents is 1. The zero-order chi connectivity index (χ0) is 24.2. The van der Waals surface area contributed by atoms with Crippen LogP contribution in [0.15, 0.2) is 12.1 Å². The fourth-order valence-electron chi connectivity index (χ4n) is 8.35. The van der Waals surface area contributed by atoms with E-state index in [2.05, 4.69) is 0 Å². The average molecular weight is 485 g/mol. The van der Waals surface area contributed by atoms with Crippen molar-refractivity contribution in [2.75, 3.05) is 49.1 Å². The lowest BCUT2D eigenvalue weighted by atomic mass is 9.49. The number of amides is 1. The number of halogens is 1. The number of hydrogen-bond donors (Lipinski definition) is 0. The number of nitro groups is 1. The van der Waals surface area contributed by atoms with Gasteiger partial charge in [-0.3, -0.25) is 14.9 Å². The van der Waals surface area contributed by atoms with Crippen molar-refractivity contribution in [3.8, 4) is 0 Å². The second-order valence-corrected chi connectivity index (χ2v) is 11.9. The Labute approximate surface area is 206 Å². The second-order valence-electron chi connectivity index (χ2n) is 11.9. The number of carbonyl (C=O) groups excluding carboxylic acids is 1. The Balaban J connectivity index is 1.19. The Bertz CT molecular complexity index is 963. The van der Waals surface area contributed by atoms with Crippen LogP contribution in [0.1, 0.15) is 64.2 Å². The molecule has 2 saturated heterocycles. The van der Waals surface area contributed by atoms with Gasteiger partial charge in [-0.15, -0.1) is 0 Å². The molecule has 6 fully saturated rings. The summed E-state index contributed by atoms with van der Waals surface area (Å²) in [5, 5.41) is 11.8. The molecule has 0 spiro atoms. The minimum absolute atomic E-state index is 0.154. The number of benzene rings is 1. The predicted octanol–water partition coefficient (Wildman–Crippen LogP) is 4.98. The van der Waals surface area contributed by atoms with Crippen LogP contribution in [0.2, 0.25) is 0 Å². The van der Waals surface area contributed by atoms with Crippen LogP contribution >= 0.6 is 0 Å². The van der Waals surface area contributed by atoms with Crippen LogP contribution in [0.4, 0.5) is 21.5 Å². The summed E-state index contributed by atoms with van der Waals surface area (Å²) in [5.41, 5.74) is 0.623. The number of carbonyl (C=O) groups is 1. The molecule has 4 bridgehead atoms. The van der Waals surface area contributed by atoms with Crippen LogP contribution in [0.3, 0.4) is 0 Å². The average Bonchev–Trinajstić information content (AvgIpc) is 3.12. The molecule has 0 radical (unpaired) electrons. The summed E-state index contributed by atoms with van der Waals surface area (Å²) in [6.45, 7) is 3.80. The van der Waals surface area contributed by atoms with E-state index in [4.69, 9.17) is 0 Å². The highest BCUT2D eigenvalue weighted by Crippen LogP contribution is 2.60. The van der Waals surface area contributed by atoms with E-state index in [1.54, 1.807) is 6.07 Å². The van der Waals surface area contributed by atoms with Gasteiger partial charge in [0, 0.05) is 39.3 Å². The molecule has 1 aromatic carbocycles. The quantitative estimate of drug-likeness (QED) is 0.445. The zero-order valence-corrected chi connectivity index (χ0v) is 20.6.